The Kier molecular flexibility index (Phi) is 11.7. The number of nitriles is 1. The molecule has 0 aromatic heterocycles. The molecule has 2 rings (SSSR count). The van der Waals surface area contributed by atoms with Crippen LogP contribution in [0.4, 0.5) is 4.79 Å². The first-order chi connectivity index (χ1) is 18.5. The maximum atomic E-state index is 14.1. The minimum absolute atomic E-state index is 0.133. The van der Waals surface area contributed by atoms with Crippen LogP contribution >= 0.6 is 0 Å². The molecule has 2 N–H and O–H groups in total. The Morgan fingerprint density at radius 1 is 1.10 bits per heavy atom. The SMILES string of the molecule is C=Cc1cccc(C(C(=O)NC(C)CCC)N(CC#N)C(=O)C(Cc2ccccc2)NC(=O)OC(C)(C)C)c1. The average molecular weight is 533 g/mol. The van der Waals surface area contributed by atoms with E-state index in [1.54, 1.807) is 45.0 Å². The normalized spacial score (nSPS) is 13.2. The molecule has 208 valence electrons. The number of carbonyl (C=O) groups is 3. The largest absolute Gasteiger partial charge is 0.444 e. The van der Waals surface area contributed by atoms with Crippen LogP contribution < -0.4 is 10.6 Å². The van der Waals surface area contributed by atoms with Crippen LogP contribution in [0.3, 0.4) is 0 Å². The second kappa shape index (κ2) is 14.7. The zero-order valence-electron chi connectivity index (χ0n) is 23.6. The highest BCUT2D eigenvalue weighted by atomic mass is 16.6. The van der Waals surface area contributed by atoms with Crippen LogP contribution in [0.15, 0.2) is 61.2 Å². The van der Waals surface area contributed by atoms with E-state index < -0.39 is 35.6 Å². The molecule has 3 unspecified atom stereocenters. The molecule has 0 aliphatic rings. The minimum atomic E-state index is -1.10. The van der Waals surface area contributed by atoms with Crippen molar-refractivity contribution in [2.45, 2.75) is 77.6 Å². The molecule has 2 aromatic rings. The third-order valence-electron chi connectivity index (χ3n) is 5.93. The molecule has 0 spiro atoms. The van der Waals surface area contributed by atoms with Gasteiger partial charge in [0.05, 0.1) is 6.07 Å². The van der Waals surface area contributed by atoms with Crippen molar-refractivity contribution < 1.29 is 19.1 Å². The molecule has 0 heterocycles. The molecule has 3 amide bonds. The van der Waals surface area contributed by atoms with E-state index in [-0.39, 0.29) is 19.0 Å². The van der Waals surface area contributed by atoms with Crippen LogP contribution in [0.1, 0.15) is 70.2 Å². The first-order valence-electron chi connectivity index (χ1n) is 13.2. The molecule has 0 saturated carbocycles. The number of ether oxygens (including phenoxy) is 1. The van der Waals surface area contributed by atoms with Gasteiger partial charge in [-0.15, -0.1) is 0 Å². The van der Waals surface area contributed by atoms with Crippen LogP contribution in [0.25, 0.3) is 6.08 Å². The number of nitrogens with zero attached hydrogens (tertiary/aromatic N) is 2. The van der Waals surface area contributed by atoms with Gasteiger partial charge in [0.2, 0.25) is 11.8 Å². The topological polar surface area (TPSA) is 112 Å². The number of hydrogen-bond donors (Lipinski definition) is 2. The Hall–Kier alpha value is -4.12. The number of benzene rings is 2. The average Bonchev–Trinajstić information content (AvgIpc) is 2.87. The number of alkyl carbamates (subject to hydrolysis) is 1. The van der Waals surface area contributed by atoms with Gasteiger partial charge < -0.3 is 20.3 Å². The molecule has 0 fully saturated rings. The predicted octanol–water partition coefficient (Wildman–Crippen LogP) is 5.16. The van der Waals surface area contributed by atoms with E-state index >= 15 is 0 Å². The van der Waals surface area contributed by atoms with E-state index in [1.165, 1.54) is 4.90 Å². The van der Waals surface area contributed by atoms with Crippen molar-refractivity contribution >= 4 is 24.0 Å². The van der Waals surface area contributed by atoms with Crippen molar-refractivity contribution in [1.82, 2.24) is 15.5 Å². The molecule has 0 aliphatic heterocycles. The van der Waals surface area contributed by atoms with E-state index in [0.717, 1.165) is 24.0 Å². The fourth-order valence-corrected chi connectivity index (χ4v) is 4.23. The molecular weight excluding hydrogens is 492 g/mol. The van der Waals surface area contributed by atoms with Crippen molar-refractivity contribution in [2.24, 2.45) is 0 Å². The summed E-state index contributed by atoms with van der Waals surface area (Å²) in [4.78, 5) is 41.8. The second-order valence-corrected chi connectivity index (χ2v) is 10.5. The first-order valence-corrected chi connectivity index (χ1v) is 13.2. The fourth-order valence-electron chi connectivity index (χ4n) is 4.23. The maximum Gasteiger partial charge on any atom is 0.408 e. The Balaban J connectivity index is 2.55. The van der Waals surface area contributed by atoms with E-state index in [2.05, 4.69) is 17.2 Å². The van der Waals surface area contributed by atoms with Gasteiger partial charge in [-0.1, -0.05) is 74.5 Å². The number of hydrogen-bond acceptors (Lipinski definition) is 5. The summed E-state index contributed by atoms with van der Waals surface area (Å²) in [5.74, 6) is -0.977. The van der Waals surface area contributed by atoms with Crippen molar-refractivity contribution in [1.29, 1.82) is 5.26 Å². The highest BCUT2D eigenvalue weighted by Gasteiger charge is 2.36. The van der Waals surface area contributed by atoms with Gasteiger partial charge in [0.1, 0.15) is 24.2 Å². The third-order valence-corrected chi connectivity index (χ3v) is 5.93. The summed E-state index contributed by atoms with van der Waals surface area (Å²) in [6, 6.07) is 16.1. The number of carbonyl (C=O) groups excluding carboxylic acids is 3. The summed E-state index contributed by atoms with van der Waals surface area (Å²) < 4.78 is 5.42. The van der Waals surface area contributed by atoms with Gasteiger partial charge in [0.25, 0.3) is 0 Å². The molecule has 0 saturated heterocycles. The molecule has 8 nitrogen and oxygen atoms in total. The molecule has 8 heteroatoms. The zero-order valence-corrected chi connectivity index (χ0v) is 23.6. The highest BCUT2D eigenvalue weighted by Crippen LogP contribution is 2.25. The monoisotopic (exact) mass is 532 g/mol. The number of amides is 3. The van der Waals surface area contributed by atoms with E-state index in [4.69, 9.17) is 4.74 Å². The molecular formula is C31H40N4O4. The maximum absolute atomic E-state index is 14.1. The van der Waals surface area contributed by atoms with Gasteiger partial charge in [-0.2, -0.15) is 5.26 Å². The Bertz CT molecular complexity index is 1170. The van der Waals surface area contributed by atoms with Gasteiger partial charge in [0.15, 0.2) is 0 Å². The van der Waals surface area contributed by atoms with Crippen molar-refractivity contribution in [3.8, 4) is 6.07 Å². The molecule has 0 bridgehead atoms. The highest BCUT2D eigenvalue weighted by molar-refractivity contribution is 5.92. The van der Waals surface area contributed by atoms with E-state index in [1.807, 2.05) is 56.3 Å². The Morgan fingerprint density at radius 2 is 1.79 bits per heavy atom. The molecule has 0 radical (unpaired) electrons. The lowest BCUT2D eigenvalue weighted by atomic mass is 9.98. The zero-order chi connectivity index (χ0) is 29.0. The van der Waals surface area contributed by atoms with Crippen molar-refractivity contribution in [3.05, 3.63) is 77.9 Å². The van der Waals surface area contributed by atoms with Crippen LogP contribution in [0.2, 0.25) is 0 Å². The van der Waals surface area contributed by atoms with Crippen molar-refractivity contribution in [2.75, 3.05) is 6.54 Å². The van der Waals surface area contributed by atoms with Crippen molar-refractivity contribution in [3.63, 3.8) is 0 Å². The van der Waals surface area contributed by atoms with E-state index in [0.29, 0.717) is 5.56 Å². The standard InChI is InChI=1S/C31H40N4O4/c1-7-13-22(3)33-28(36)27(25-17-12-16-23(8-2)20-25)35(19-18-32)29(37)26(21-24-14-10-9-11-15-24)34-30(38)39-31(4,5)6/h8-12,14-17,20,22,26-27H,2,7,13,19,21H2,1,3-6H3,(H,33,36)(H,34,38). The number of rotatable bonds is 12. The lowest BCUT2D eigenvalue weighted by Crippen LogP contribution is -2.54. The molecule has 0 aliphatic carbocycles. The first kappa shape index (κ1) is 31.1. The second-order valence-electron chi connectivity index (χ2n) is 10.5. The lowest BCUT2D eigenvalue weighted by molar-refractivity contribution is -0.142. The summed E-state index contributed by atoms with van der Waals surface area (Å²) in [6.07, 6.45) is 2.66. The smallest absolute Gasteiger partial charge is 0.408 e. The Labute approximate surface area is 232 Å². The van der Waals surface area contributed by atoms with Gasteiger partial charge in [-0.05, 0) is 56.9 Å². The van der Waals surface area contributed by atoms with Gasteiger partial charge >= 0.3 is 6.09 Å². The third kappa shape index (κ3) is 9.93. The summed E-state index contributed by atoms with van der Waals surface area (Å²) >= 11 is 0. The van der Waals surface area contributed by atoms with Crippen LogP contribution in [0, 0.1) is 11.3 Å². The summed E-state index contributed by atoms with van der Waals surface area (Å²) in [5.41, 5.74) is 1.33. The Morgan fingerprint density at radius 3 is 2.38 bits per heavy atom. The summed E-state index contributed by atoms with van der Waals surface area (Å²) in [7, 11) is 0. The minimum Gasteiger partial charge on any atom is -0.444 e. The van der Waals surface area contributed by atoms with Crippen LogP contribution in [-0.4, -0.2) is 47.0 Å². The summed E-state index contributed by atoms with van der Waals surface area (Å²) in [5, 5.41) is 15.4. The fraction of sp³-hybridized carbons (Fsp3) is 0.419. The van der Waals surface area contributed by atoms with Gasteiger partial charge in [-0.3, -0.25) is 9.59 Å². The van der Waals surface area contributed by atoms with Gasteiger partial charge in [0, 0.05) is 12.5 Å². The predicted molar refractivity (Wildman–Crippen MR) is 152 cm³/mol. The van der Waals surface area contributed by atoms with Crippen LogP contribution in [0.5, 0.6) is 0 Å². The lowest BCUT2D eigenvalue weighted by Gasteiger charge is -2.33. The summed E-state index contributed by atoms with van der Waals surface area (Å²) in [6.45, 7) is 12.6. The molecule has 3 atom stereocenters. The van der Waals surface area contributed by atoms with Gasteiger partial charge in [-0.25, -0.2) is 4.79 Å². The number of nitrogens with one attached hydrogen (secondary N) is 2. The van der Waals surface area contributed by atoms with E-state index in [9.17, 15) is 19.6 Å². The molecule has 2 aromatic carbocycles. The quantitative estimate of drug-likeness (QED) is 0.367. The van der Waals surface area contributed by atoms with Crippen LogP contribution in [-0.2, 0) is 20.7 Å². The molecule has 39 heavy (non-hydrogen) atoms.